The van der Waals surface area contributed by atoms with Crippen LogP contribution in [0, 0.1) is 0 Å². The number of nitrogens with one attached hydrogen (secondary N) is 1. The molecule has 1 radical (unpaired) electrons. The summed E-state index contributed by atoms with van der Waals surface area (Å²) in [5, 5.41) is 2.48. The fourth-order valence-corrected chi connectivity index (χ4v) is 0.586. The van der Waals surface area contributed by atoms with Crippen molar-refractivity contribution in [3.05, 3.63) is 0 Å². The molecule has 1 atom stereocenters. The molecule has 0 bridgehead atoms. The molecule has 0 amide bonds. The number of likely N-dealkylation sites (N-methyl/N-ethyl adjacent to an activating group) is 1. The Hall–Kier alpha value is -0.900. The maximum atomic E-state index is 11.1. The molecule has 0 aromatic heterocycles. The number of carbonyl (C=O) groups excluding carboxylic acids is 2. The van der Waals surface area contributed by atoms with Crippen LogP contribution in [0.3, 0.4) is 0 Å². The minimum Gasteiger partial charge on any atom is -0.458 e. The third-order valence-corrected chi connectivity index (χ3v) is 1.05. The molecular weight excluding hydrogens is 158 g/mol. The van der Waals surface area contributed by atoms with E-state index in [2.05, 4.69) is 5.32 Å². The fourth-order valence-electron chi connectivity index (χ4n) is 0.586. The first-order valence-corrected chi connectivity index (χ1v) is 3.68. The first-order valence-electron chi connectivity index (χ1n) is 3.68. The van der Waals surface area contributed by atoms with Crippen LogP contribution in [0.15, 0.2) is 0 Å². The Morgan fingerprint density at radius 1 is 1.50 bits per heavy atom. The van der Waals surface area contributed by atoms with Crippen molar-refractivity contribution in [2.45, 2.75) is 32.4 Å². The molecule has 1 unspecified atom stereocenters. The van der Waals surface area contributed by atoms with Gasteiger partial charge >= 0.3 is 5.97 Å². The fraction of sp³-hybridized carbons (Fsp3) is 0.750. The lowest BCUT2D eigenvalue weighted by Gasteiger charge is -2.21. The van der Waals surface area contributed by atoms with Crippen molar-refractivity contribution in [3.8, 4) is 0 Å². The number of hydrogen-bond donors (Lipinski definition) is 1. The van der Waals surface area contributed by atoms with Gasteiger partial charge in [0.05, 0.1) is 0 Å². The number of carbonyl (C=O) groups is 1. The van der Waals surface area contributed by atoms with E-state index in [0.29, 0.717) is 0 Å². The first kappa shape index (κ1) is 11.1. The van der Waals surface area contributed by atoms with Crippen LogP contribution in [0.2, 0.25) is 0 Å². The Kier molecular flexibility index (Phi) is 3.89. The summed E-state index contributed by atoms with van der Waals surface area (Å²) < 4.78 is 4.92. The summed E-state index contributed by atoms with van der Waals surface area (Å²) in [6.07, 6.45) is 1.54. The topological polar surface area (TPSA) is 55.4 Å². The average Bonchev–Trinajstić information content (AvgIpc) is 1.85. The third-order valence-electron chi connectivity index (χ3n) is 1.05. The molecule has 0 aromatic rings. The third kappa shape index (κ3) is 4.08. The molecule has 0 aliphatic rings. The van der Waals surface area contributed by atoms with Crippen LogP contribution in [0.25, 0.3) is 0 Å². The number of rotatable bonds is 3. The quantitative estimate of drug-likeness (QED) is 0.482. The van der Waals surface area contributed by atoms with Crippen molar-refractivity contribution in [1.82, 2.24) is 5.32 Å². The summed E-state index contributed by atoms with van der Waals surface area (Å²) in [7, 11) is 1.50. The standard InChI is InChI=1S/C8H14NO3/c1-8(2,3)12-7(11)6(5-10)9-4/h6,9H,1-4H3. The number of hydrogen-bond acceptors (Lipinski definition) is 4. The molecule has 4 heteroatoms. The highest BCUT2D eigenvalue weighted by Crippen LogP contribution is 2.07. The predicted molar refractivity (Wildman–Crippen MR) is 44.4 cm³/mol. The average molecular weight is 172 g/mol. The van der Waals surface area contributed by atoms with Gasteiger partial charge in [-0.3, -0.25) is 4.79 Å². The van der Waals surface area contributed by atoms with E-state index in [1.54, 1.807) is 20.8 Å². The number of esters is 1. The molecule has 0 saturated heterocycles. The zero-order valence-electron chi connectivity index (χ0n) is 7.80. The second kappa shape index (κ2) is 4.21. The van der Waals surface area contributed by atoms with Crippen molar-refractivity contribution in [2.75, 3.05) is 7.05 Å². The molecule has 0 aliphatic carbocycles. The zero-order chi connectivity index (χ0) is 9.78. The van der Waals surface area contributed by atoms with Crippen LogP contribution in [-0.4, -0.2) is 30.9 Å². The SMILES string of the molecule is CNC([C]=O)C(=O)OC(C)(C)C. The molecule has 0 heterocycles. The Labute approximate surface area is 72.3 Å². The van der Waals surface area contributed by atoms with E-state index in [4.69, 9.17) is 4.74 Å². The van der Waals surface area contributed by atoms with E-state index < -0.39 is 17.6 Å². The van der Waals surface area contributed by atoms with Crippen molar-refractivity contribution in [1.29, 1.82) is 0 Å². The Balaban J connectivity index is 4.11. The van der Waals surface area contributed by atoms with Crippen molar-refractivity contribution >= 4 is 12.3 Å². The van der Waals surface area contributed by atoms with Gasteiger partial charge in [-0.1, -0.05) is 0 Å². The van der Waals surface area contributed by atoms with Crippen LogP contribution in [0.5, 0.6) is 0 Å². The second-order valence-electron chi connectivity index (χ2n) is 3.37. The van der Waals surface area contributed by atoms with E-state index in [9.17, 15) is 9.59 Å². The van der Waals surface area contributed by atoms with Gasteiger partial charge in [-0.15, -0.1) is 0 Å². The minimum atomic E-state index is -0.982. The smallest absolute Gasteiger partial charge is 0.331 e. The molecular formula is C8H14NO3. The van der Waals surface area contributed by atoms with Crippen molar-refractivity contribution in [3.63, 3.8) is 0 Å². The lowest BCUT2D eigenvalue weighted by Crippen LogP contribution is -2.40. The summed E-state index contributed by atoms with van der Waals surface area (Å²) in [4.78, 5) is 21.2. The molecule has 0 spiro atoms. The van der Waals surface area contributed by atoms with E-state index in [0.717, 1.165) is 0 Å². The van der Waals surface area contributed by atoms with E-state index in [1.807, 2.05) is 0 Å². The molecule has 0 fully saturated rings. The van der Waals surface area contributed by atoms with E-state index >= 15 is 0 Å². The lowest BCUT2D eigenvalue weighted by atomic mass is 10.2. The Morgan fingerprint density at radius 2 is 2.00 bits per heavy atom. The van der Waals surface area contributed by atoms with Crippen LogP contribution in [-0.2, 0) is 14.3 Å². The molecule has 1 N–H and O–H groups in total. The van der Waals surface area contributed by atoms with Crippen molar-refractivity contribution in [2.24, 2.45) is 0 Å². The van der Waals surface area contributed by atoms with E-state index in [-0.39, 0.29) is 0 Å². The second-order valence-corrected chi connectivity index (χ2v) is 3.37. The number of ether oxygens (including phenoxy) is 1. The summed E-state index contributed by atoms with van der Waals surface area (Å²) in [5.74, 6) is -0.597. The molecule has 0 rings (SSSR count). The van der Waals surface area contributed by atoms with Gasteiger partial charge in [-0.25, -0.2) is 4.79 Å². The molecule has 0 saturated carbocycles. The van der Waals surface area contributed by atoms with Gasteiger partial charge in [0.1, 0.15) is 5.60 Å². The van der Waals surface area contributed by atoms with E-state index in [1.165, 1.54) is 13.3 Å². The van der Waals surface area contributed by atoms with Gasteiger partial charge in [0.25, 0.3) is 0 Å². The summed E-state index contributed by atoms with van der Waals surface area (Å²) in [6, 6.07) is -0.982. The molecule has 4 nitrogen and oxygen atoms in total. The Bertz CT molecular complexity index is 172. The van der Waals surface area contributed by atoms with Gasteiger partial charge < -0.3 is 10.1 Å². The predicted octanol–water partition coefficient (Wildman–Crippen LogP) is 0.0258. The van der Waals surface area contributed by atoms with Crippen LogP contribution >= 0.6 is 0 Å². The maximum absolute atomic E-state index is 11.1. The van der Waals surface area contributed by atoms with Crippen LogP contribution in [0.1, 0.15) is 20.8 Å². The molecule has 69 valence electrons. The highest BCUT2D eigenvalue weighted by Gasteiger charge is 2.23. The Morgan fingerprint density at radius 3 is 2.25 bits per heavy atom. The lowest BCUT2D eigenvalue weighted by molar-refractivity contribution is -0.155. The largest absolute Gasteiger partial charge is 0.458 e. The van der Waals surface area contributed by atoms with Crippen LogP contribution < -0.4 is 5.32 Å². The van der Waals surface area contributed by atoms with Gasteiger partial charge in [-0.05, 0) is 27.8 Å². The molecule has 12 heavy (non-hydrogen) atoms. The maximum Gasteiger partial charge on any atom is 0.331 e. The highest BCUT2D eigenvalue weighted by molar-refractivity contribution is 5.92. The normalized spacial score (nSPS) is 13.7. The summed E-state index contributed by atoms with van der Waals surface area (Å²) >= 11 is 0. The minimum absolute atomic E-state index is 0.566. The summed E-state index contributed by atoms with van der Waals surface area (Å²) in [5.41, 5.74) is -0.566. The van der Waals surface area contributed by atoms with Crippen LogP contribution in [0.4, 0.5) is 0 Å². The highest BCUT2D eigenvalue weighted by atomic mass is 16.6. The van der Waals surface area contributed by atoms with Gasteiger partial charge in [0, 0.05) is 0 Å². The molecule has 0 aromatic carbocycles. The molecule has 0 aliphatic heterocycles. The van der Waals surface area contributed by atoms with Crippen molar-refractivity contribution < 1.29 is 14.3 Å². The monoisotopic (exact) mass is 172 g/mol. The first-order chi connectivity index (χ1) is 5.40. The summed E-state index contributed by atoms with van der Waals surface area (Å²) in [6.45, 7) is 5.22. The van der Waals surface area contributed by atoms with Gasteiger partial charge in [-0.2, -0.15) is 0 Å². The zero-order valence-corrected chi connectivity index (χ0v) is 7.80. The van der Waals surface area contributed by atoms with Gasteiger partial charge in [0.15, 0.2) is 6.04 Å². The van der Waals surface area contributed by atoms with Gasteiger partial charge in [0.2, 0.25) is 6.29 Å².